The third-order valence-corrected chi connectivity index (χ3v) is 2.40. The number of halogens is 3. The van der Waals surface area contributed by atoms with Crippen LogP contribution in [0.1, 0.15) is 12.5 Å². The monoisotopic (exact) mass is 304 g/mol. The average molecular weight is 304 g/mol. The van der Waals surface area contributed by atoms with Crippen LogP contribution in [-0.2, 0) is 20.9 Å². The summed E-state index contributed by atoms with van der Waals surface area (Å²) in [6, 6.07) is 5.67. The molecule has 21 heavy (non-hydrogen) atoms. The molecular formula is C13H15F3N2O3. The van der Waals surface area contributed by atoms with E-state index in [1.807, 2.05) is 0 Å². The lowest BCUT2D eigenvalue weighted by Gasteiger charge is -2.09. The third-order valence-electron chi connectivity index (χ3n) is 2.40. The number of benzene rings is 1. The number of ether oxygens (including phenoxy) is 1. The minimum absolute atomic E-state index is 0.0294. The summed E-state index contributed by atoms with van der Waals surface area (Å²) < 4.78 is 41.1. The van der Waals surface area contributed by atoms with Gasteiger partial charge in [-0.1, -0.05) is 12.1 Å². The second-order valence-electron chi connectivity index (χ2n) is 4.06. The lowest BCUT2D eigenvalue weighted by atomic mass is 10.2. The molecule has 0 heterocycles. The van der Waals surface area contributed by atoms with Gasteiger partial charge in [-0.3, -0.25) is 9.59 Å². The van der Waals surface area contributed by atoms with Crippen LogP contribution in [0.2, 0.25) is 0 Å². The predicted octanol–water partition coefficient (Wildman–Crippen LogP) is 1.84. The molecule has 0 unspecified atom stereocenters. The van der Waals surface area contributed by atoms with Crippen molar-refractivity contribution in [1.82, 2.24) is 5.32 Å². The maximum absolute atomic E-state index is 12.1. The van der Waals surface area contributed by atoms with Crippen molar-refractivity contribution < 1.29 is 27.5 Å². The Balaban J connectivity index is 2.47. The number of amides is 2. The van der Waals surface area contributed by atoms with Gasteiger partial charge in [0.15, 0.2) is 0 Å². The van der Waals surface area contributed by atoms with Gasteiger partial charge in [-0.2, -0.15) is 13.2 Å². The third kappa shape index (κ3) is 6.26. The first-order chi connectivity index (χ1) is 9.82. The van der Waals surface area contributed by atoms with E-state index in [4.69, 9.17) is 4.74 Å². The quantitative estimate of drug-likeness (QED) is 0.842. The molecular weight excluding hydrogens is 289 g/mol. The molecule has 0 saturated carbocycles. The summed E-state index contributed by atoms with van der Waals surface area (Å²) in [6.45, 7) is 2.37. The van der Waals surface area contributed by atoms with Crippen molar-refractivity contribution in [3.8, 4) is 0 Å². The number of nitrogens with one attached hydrogen (secondary N) is 2. The zero-order chi connectivity index (χ0) is 15.9. The Morgan fingerprint density at radius 1 is 1.19 bits per heavy atom. The number of carbonyl (C=O) groups excluding carboxylic acids is 2. The van der Waals surface area contributed by atoms with E-state index in [9.17, 15) is 22.8 Å². The Kier molecular flexibility index (Phi) is 6.16. The van der Waals surface area contributed by atoms with Crippen molar-refractivity contribution >= 4 is 17.5 Å². The van der Waals surface area contributed by atoms with Crippen LogP contribution in [0.4, 0.5) is 18.9 Å². The minimum Gasteiger partial charge on any atom is -0.372 e. The maximum Gasteiger partial charge on any atom is 0.471 e. The Bertz CT molecular complexity index is 486. The zero-order valence-corrected chi connectivity index (χ0v) is 11.3. The summed E-state index contributed by atoms with van der Waals surface area (Å²) in [4.78, 5) is 22.0. The standard InChI is InChI=1S/C13H15F3N2O3/c1-2-21-8-11(19)17-7-9-3-5-10(6-4-9)18-12(20)13(14,15)16/h3-6H,2,7-8H2,1H3,(H,17,19)(H,18,20). The topological polar surface area (TPSA) is 67.4 Å². The molecule has 0 aliphatic carbocycles. The molecule has 0 atom stereocenters. The Morgan fingerprint density at radius 3 is 2.33 bits per heavy atom. The first-order valence-corrected chi connectivity index (χ1v) is 6.14. The van der Waals surface area contributed by atoms with Crippen LogP contribution in [0.3, 0.4) is 0 Å². The van der Waals surface area contributed by atoms with E-state index in [2.05, 4.69) is 5.32 Å². The zero-order valence-electron chi connectivity index (χ0n) is 11.3. The molecule has 0 aliphatic rings. The van der Waals surface area contributed by atoms with Gasteiger partial charge in [0, 0.05) is 18.8 Å². The highest BCUT2D eigenvalue weighted by molar-refractivity contribution is 5.94. The first-order valence-electron chi connectivity index (χ1n) is 6.14. The van der Waals surface area contributed by atoms with Gasteiger partial charge < -0.3 is 15.4 Å². The molecule has 0 radical (unpaired) electrons. The fourth-order valence-electron chi connectivity index (χ4n) is 1.35. The largest absolute Gasteiger partial charge is 0.471 e. The van der Waals surface area contributed by atoms with Crippen LogP contribution in [0.5, 0.6) is 0 Å². The van der Waals surface area contributed by atoms with E-state index >= 15 is 0 Å². The summed E-state index contributed by atoms with van der Waals surface area (Å²) in [5, 5.41) is 4.32. The Hall–Kier alpha value is -2.09. The van der Waals surface area contributed by atoms with Gasteiger partial charge in [0.05, 0.1) is 0 Å². The second kappa shape index (κ2) is 7.63. The maximum atomic E-state index is 12.1. The highest BCUT2D eigenvalue weighted by Crippen LogP contribution is 2.18. The predicted molar refractivity (Wildman–Crippen MR) is 69.5 cm³/mol. The molecule has 0 spiro atoms. The average Bonchev–Trinajstić information content (AvgIpc) is 2.43. The van der Waals surface area contributed by atoms with Crippen LogP contribution in [0.15, 0.2) is 24.3 Å². The number of hydrogen-bond acceptors (Lipinski definition) is 3. The van der Waals surface area contributed by atoms with E-state index in [1.54, 1.807) is 12.2 Å². The molecule has 8 heteroatoms. The van der Waals surface area contributed by atoms with Gasteiger partial charge in [-0.15, -0.1) is 0 Å². The lowest BCUT2D eigenvalue weighted by molar-refractivity contribution is -0.167. The smallest absolute Gasteiger partial charge is 0.372 e. The Morgan fingerprint density at radius 2 is 1.81 bits per heavy atom. The molecule has 116 valence electrons. The summed E-state index contributed by atoms with van der Waals surface area (Å²) in [5.41, 5.74) is 0.714. The minimum atomic E-state index is -4.92. The van der Waals surface area contributed by atoms with Gasteiger partial charge in [-0.25, -0.2) is 0 Å². The van der Waals surface area contributed by atoms with Crippen LogP contribution < -0.4 is 10.6 Å². The van der Waals surface area contributed by atoms with Gasteiger partial charge in [0.1, 0.15) is 6.61 Å². The van der Waals surface area contributed by atoms with E-state index < -0.39 is 12.1 Å². The second-order valence-corrected chi connectivity index (χ2v) is 4.06. The van der Waals surface area contributed by atoms with Crippen molar-refractivity contribution in [3.63, 3.8) is 0 Å². The highest BCUT2D eigenvalue weighted by Gasteiger charge is 2.38. The van der Waals surface area contributed by atoms with Crippen LogP contribution in [0, 0.1) is 0 Å². The van der Waals surface area contributed by atoms with Crippen molar-refractivity contribution in [1.29, 1.82) is 0 Å². The molecule has 0 aromatic heterocycles. The lowest BCUT2D eigenvalue weighted by Crippen LogP contribution is -2.30. The van der Waals surface area contributed by atoms with Crippen molar-refractivity contribution in [2.45, 2.75) is 19.6 Å². The Labute approximate surface area is 119 Å². The van der Waals surface area contributed by atoms with Gasteiger partial charge in [0.2, 0.25) is 5.91 Å². The van der Waals surface area contributed by atoms with Gasteiger partial charge >= 0.3 is 12.1 Å². The van der Waals surface area contributed by atoms with Gasteiger partial charge in [0.25, 0.3) is 0 Å². The molecule has 1 aromatic rings. The van der Waals surface area contributed by atoms with E-state index in [1.165, 1.54) is 24.3 Å². The number of hydrogen-bond donors (Lipinski definition) is 2. The summed E-state index contributed by atoms with van der Waals surface area (Å²) in [5.74, 6) is -2.31. The molecule has 1 aromatic carbocycles. The van der Waals surface area contributed by atoms with Gasteiger partial charge in [-0.05, 0) is 24.6 Å². The fourth-order valence-corrected chi connectivity index (χ4v) is 1.35. The molecule has 5 nitrogen and oxygen atoms in total. The van der Waals surface area contributed by atoms with Crippen molar-refractivity contribution in [3.05, 3.63) is 29.8 Å². The van der Waals surface area contributed by atoms with Crippen LogP contribution >= 0.6 is 0 Å². The van der Waals surface area contributed by atoms with E-state index in [-0.39, 0.29) is 24.7 Å². The fraction of sp³-hybridized carbons (Fsp3) is 0.385. The summed E-state index contributed by atoms with van der Waals surface area (Å²) in [6.07, 6.45) is -4.92. The molecule has 0 saturated heterocycles. The number of carbonyl (C=O) groups is 2. The van der Waals surface area contributed by atoms with E-state index in [0.29, 0.717) is 12.2 Å². The number of alkyl halides is 3. The van der Waals surface area contributed by atoms with Crippen LogP contribution in [0.25, 0.3) is 0 Å². The normalized spacial score (nSPS) is 11.0. The molecule has 0 bridgehead atoms. The number of rotatable bonds is 6. The molecule has 0 aliphatic heterocycles. The molecule has 2 amide bonds. The van der Waals surface area contributed by atoms with E-state index in [0.717, 1.165) is 0 Å². The summed E-state index contributed by atoms with van der Waals surface area (Å²) >= 11 is 0. The molecule has 0 fully saturated rings. The number of anilines is 1. The molecule has 1 rings (SSSR count). The highest BCUT2D eigenvalue weighted by atomic mass is 19.4. The first kappa shape index (κ1) is 17.0. The SMILES string of the molecule is CCOCC(=O)NCc1ccc(NC(=O)C(F)(F)F)cc1. The summed E-state index contributed by atoms with van der Waals surface area (Å²) in [7, 11) is 0. The van der Waals surface area contributed by atoms with Crippen molar-refractivity contribution in [2.75, 3.05) is 18.5 Å². The molecule has 2 N–H and O–H groups in total. The van der Waals surface area contributed by atoms with Crippen molar-refractivity contribution in [2.24, 2.45) is 0 Å². The van der Waals surface area contributed by atoms with Crippen LogP contribution in [-0.4, -0.2) is 31.2 Å².